The molecular weight excluding hydrogens is 380 g/mol. The van der Waals surface area contributed by atoms with E-state index in [2.05, 4.69) is 14.7 Å². The Morgan fingerprint density at radius 2 is 2.26 bits per heavy atom. The molecule has 2 aromatic rings. The van der Waals surface area contributed by atoms with Crippen molar-refractivity contribution in [3.05, 3.63) is 51.4 Å². The average Bonchev–Trinajstić information content (AvgIpc) is 2.61. The minimum absolute atomic E-state index is 0.0142. The number of halogens is 3. The normalized spacial score (nSPS) is 14.3. The summed E-state index contributed by atoms with van der Waals surface area (Å²) >= 11 is 6.44. The molecule has 0 aliphatic carbocycles. The maximum Gasteiger partial charge on any atom is 0.388 e. The van der Waals surface area contributed by atoms with E-state index in [0.29, 0.717) is 48.8 Å². The van der Waals surface area contributed by atoms with Gasteiger partial charge in [-0.15, -0.1) is 0 Å². The molecule has 0 fully saturated rings. The lowest BCUT2D eigenvalue weighted by Gasteiger charge is -2.29. The molecule has 9 heteroatoms. The molecule has 2 aromatic heterocycles. The van der Waals surface area contributed by atoms with E-state index in [9.17, 15) is 18.7 Å². The number of hydrogen-bond donors (Lipinski definition) is 1. The first-order valence-corrected chi connectivity index (χ1v) is 8.82. The summed E-state index contributed by atoms with van der Waals surface area (Å²) in [5.74, 6) is -1.24. The van der Waals surface area contributed by atoms with Crippen LogP contribution in [0.3, 0.4) is 0 Å². The highest BCUT2D eigenvalue weighted by molar-refractivity contribution is 6.32. The standard InChI is InChI=1S/C18H18ClF2N3O3/c1-2-11-15(19)12-4-6-24(9-13(12)23-16(11)17(25)26)8-10-3-5-22-14(7-10)27-18(20)21/h3,5,7,18H,2,4,6,8-9H2,1H3,(H,25,26). The molecule has 0 atom stereocenters. The lowest BCUT2D eigenvalue weighted by molar-refractivity contribution is -0.0529. The van der Waals surface area contributed by atoms with Gasteiger partial charge in [0.1, 0.15) is 0 Å². The number of aromatic carboxylic acids is 1. The van der Waals surface area contributed by atoms with Gasteiger partial charge in [-0.2, -0.15) is 8.78 Å². The van der Waals surface area contributed by atoms with Gasteiger partial charge in [0.2, 0.25) is 5.88 Å². The van der Waals surface area contributed by atoms with E-state index in [1.54, 1.807) is 6.07 Å². The van der Waals surface area contributed by atoms with E-state index in [0.717, 1.165) is 11.1 Å². The van der Waals surface area contributed by atoms with Gasteiger partial charge in [0.05, 0.1) is 10.7 Å². The first-order chi connectivity index (χ1) is 12.9. The van der Waals surface area contributed by atoms with Crippen molar-refractivity contribution < 1.29 is 23.4 Å². The van der Waals surface area contributed by atoms with Gasteiger partial charge in [0, 0.05) is 37.5 Å². The van der Waals surface area contributed by atoms with Gasteiger partial charge < -0.3 is 9.84 Å². The van der Waals surface area contributed by atoms with Crippen LogP contribution in [-0.4, -0.2) is 39.1 Å². The number of carbonyl (C=O) groups is 1. The summed E-state index contributed by atoms with van der Waals surface area (Å²) in [6.07, 6.45) is 2.55. The molecule has 0 saturated carbocycles. The van der Waals surface area contributed by atoms with Crippen LogP contribution in [-0.2, 0) is 25.9 Å². The van der Waals surface area contributed by atoms with E-state index in [1.807, 2.05) is 11.8 Å². The smallest absolute Gasteiger partial charge is 0.388 e. The van der Waals surface area contributed by atoms with Crippen molar-refractivity contribution >= 4 is 17.6 Å². The summed E-state index contributed by atoms with van der Waals surface area (Å²) in [6, 6.07) is 3.18. The predicted octanol–water partition coefficient (Wildman–Crippen LogP) is 3.55. The Kier molecular flexibility index (Phi) is 5.86. The molecule has 1 aliphatic rings. The predicted molar refractivity (Wildman–Crippen MR) is 94.3 cm³/mol. The SMILES string of the molecule is CCc1c(C(=O)O)nc2c(c1Cl)CCN(Cc1ccnc(OC(F)F)c1)C2. The van der Waals surface area contributed by atoms with Crippen LogP contribution in [0.5, 0.6) is 5.88 Å². The fourth-order valence-electron chi connectivity index (χ4n) is 3.23. The molecule has 0 spiro atoms. The largest absolute Gasteiger partial charge is 0.477 e. The lowest BCUT2D eigenvalue weighted by Crippen LogP contribution is -2.32. The van der Waals surface area contributed by atoms with E-state index in [-0.39, 0.29) is 11.6 Å². The molecular formula is C18H18ClF2N3O3. The van der Waals surface area contributed by atoms with Crippen LogP contribution in [0, 0.1) is 0 Å². The Morgan fingerprint density at radius 3 is 2.93 bits per heavy atom. The Balaban J connectivity index is 1.81. The lowest BCUT2D eigenvalue weighted by atomic mass is 9.99. The zero-order chi connectivity index (χ0) is 19.6. The van der Waals surface area contributed by atoms with Gasteiger partial charge in [0.15, 0.2) is 5.69 Å². The maximum atomic E-state index is 12.3. The van der Waals surface area contributed by atoms with Gasteiger partial charge in [-0.05, 0) is 30.0 Å². The number of ether oxygens (including phenoxy) is 1. The van der Waals surface area contributed by atoms with Crippen LogP contribution in [0.1, 0.15) is 39.8 Å². The van der Waals surface area contributed by atoms with Crippen molar-refractivity contribution in [2.75, 3.05) is 6.54 Å². The van der Waals surface area contributed by atoms with Crippen molar-refractivity contribution in [3.63, 3.8) is 0 Å². The molecule has 0 saturated heterocycles. The van der Waals surface area contributed by atoms with Crippen molar-refractivity contribution in [2.45, 2.75) is 39.5 Å². The minimum atomic E-state index is -2.93. The molecule has 1 aliphatic heterocycles. The summed E-state index contributed by atoms with van der Waals surface area (Å²) in [4.78, 5) is 21.6. The topological polar surface area (TPSA) is 75.5 Å². The van der Waals surface area contributed by atoms with E-state index in [4.69, 9.17) is 11.6 Å². The Morgan fingerprint density at radius 1 is 1.48 bits per heavy atom. The van der Waals surface area contributed by atoms with Crippen LogP contribution in [0.25, 0.3) is 0 Å². The van der Waals surface area contributed by atoms with E-state index >= 15 is 0 Å². The van der Waals surface area contributed by atoms with Crippen LogP contribution >= 0.6 is 11.6 Å². The second-order valence-electron chi connectivity index (χ2n) is 6.18. The van der Waals surface area contributed by atoms with Crippen molar-refractivity contribution in [2.24, 2.45) is 0 Å². The van der Waals surface area contributed by atoms with Gasteiger partial charge in [0.25, 0.3) is 0 Å². The number of aromatic nitrogens is 2. The third-order valence-corrected chi connectivity index (χ3v) is 4.89. The maximum absolute atomic E-state index is 12.3. The number of nitrogens with zero attached hydrogens (tertiary/aromatic N) is 3. The van der Waals surface area contributed by atoms with Crippen molar-refractivity contribution in [3.8, 4) is 5.88 Å². The third kappa shape index (κ3) is 4.33. The van der Waals surface area contributed by atoms with Gasteiger partial charge in [-0.3, -0.25) is 4.90 Å². The number of fused-ring (bicyclic) bond motifs is 1. The molecule has 0 bridgehead atoms. The Labute approximate surface area is 159 Å². The van der Waals surface area contributed by atoms with Crippen LogP contribution in [0.15, 0.2) is 18.3 Å². The summed E-state index contributed by atoms with van der Waals surface area (Å²) in [5, 5.41) is 9.89. The zero-order valence-electron chi connectivity index (χ0n) is 14.6. The fraction of sp³-hybridized carbons (Fsp3) is 0.389. The average molecular weight is 398 g/mol. The molecule has 0 aromatic carbocycles. The molecule has 6 nitrogen and oxygen atoms in total. The molecule has 1 N–H and O–H groups in total. The molecule has 0 unspecified atom stereocenters. The first-order valence-electron chi connectivity index (χ1n) is 8.44. The third-order valence-electron chi connectivity index (χ3n) is 4.43. The van der Waals surface area contributed by atoms with Crippen molar-refractivity contribution in [1.29, 1.82) is 0 Å². The second kappa shape index (κ2) is 8.14. The number of hydrogen-bond acceptors (Lipinski definition) is 5. The molecule has 0 amide bonds. The number of rotatable bonds is 6. The molecule has 0 radical (unpaired) electrons. The van der Waals surface area contributed by atoms with Crippen LogP contribution in [0.2, 0.25) is 5.02 Å². The summed E-state index contributed by atoms with van der Waals surface area (Å²) in [5.41, 5.74) is 2.82. The van der Waals surface area contributed by atoms with E-state index in [1.165, 1.54) is 12.3 Å². The number of pyridine rings is 2. The highest BCUT2D eigenvalue weighted by atomic mass is 35.5. The highest BCUT2D eigenvalue weighted by Crippen LogP contribution is 2.31. The van der Waals surface area contributed by atoms with Crippen LogP contribution in [0.4, 0.5) is 8.78 Å². The summed E-state index contributed by atoms with van der Waals surface area (Å²) in [7, 11) is 0. The Hall–Kier alpha value is -2.32. The summed E-state index contributed by atoms with van der Waals surface area (Å²) in [6.45, 7) is 0.505. The number of alkyl halides is 2. The van der Waals surface area contributed by atoms with E-state index < -0.39 is 12.6 Å². The molecule has 3 heterocycles. The van der Waals surface area contributed by atoms with Crippen LogP contribution < -0.4 is 4.74 Å². The van der Waals surface area contributed by atoms with Gasteiger partial charge >= 0.3 is 12.6 Å². The highest BCUT2D eigenvalue weighted by Gasteiger charge is 2.26. The number of carboxylic acids is 1. The molecule has 27 heavy (non-hydrogen) atoms. The van der Waals surface area contributed by atoms with Crippen molar-refractivity contribution in [1.82, 2.24) is 14.9 Å². The molecule has 3 rings (SSSR count). The fourth-order valence-corrected chi connectivity index (χ4v) is 3.65. The quantitative estimate of drug-likeness (QED) is 0.803. The van der Waals surface area contributed by atoms with Gasteiger partial charge in [-0.25, -0.2) is 14.8 Å². The summed E-state index contributed by atoms with van der Waals surface area (Å²) < 4.78 is 29.0. The number of carboxylic acid groups (broad SMARTS) is 1. The second-order valence-corrected chi connectivity index (χ2v) is 6.56. The minimum Gasteiger partial charge on any atom is -0.477 e. The first kappa shape index (κ1) is 19.4. The Bertz CT molecular complexity index is 864. The zero-order valence-corrected chi connectivity index (χ0v) is 15.3. The molecule has 144 valence electrons. The monoisotopic (exact) mass is 397 g/mol. The van der Waals surface area contributed by atoms with Gasteiger partial charge in [-0.1, -0.05) is 18.5 Å².